The van der Waals surface area contributed by atoms with Gasteiger partial charge in [0, 0.05) is 25.2 Å². The lowest BCUT2D eigenvalue weighted by atomic mass is 9.94. The highest BCUT2D eigenvalue weighted by Gasteiger charge is 2.29. The highest BCUT2D eigenvalue weighted by atomic mass is 32.2. The number of thioether (sulfide) groups is 1. The molecule has 0 saturated heterocycles. The van der Waals surface area contributed by atoms with Crippen LogP contribution in [0.25, 0.3) is 11.4 Å². The third-order valence-corrected chi connectivity index (χ3v) is 6.26. The van der Waals surface area contributed by atoms with Gasteiger partial charge < -0.3 is 9.47 Å². The zero-order chi connectivity index (χ0) is 18.5. The normalized spacial score (nSPS) is 16.4. The predicted octanol–water partition coefficient (Wildman–Crippen LogP) is 4.14. The highest BCUT2D eigenvalue weighted by Crippen LogP contribution is 2.29. The molecule has 140 valence electrons. The lowest BCUT2D eigenvalue weighted by molar-refractivity contribution is -0.133. The molecule has 1 aromatic heterocycles. The quantitative estimate of drug-likeness (QED) is 0.715. The summed E-state index contributed by atoms with van der Waals surface area (Å²) in [6.45, 7) is 4.84. The minimum Gasteiger partial charge on any atom is -0.339 e. The molecule has 0 spiro atoms. The molecule has 2 aromatic rings. The maximum Gasteiger partial charge on any atom is 0.236 e. The number of hydrogen-bond acceptors (Lipinski definition) is 4. The summed E-state index contributed by atoms with van der Waals surface area (Å²) in [6, 6.07) is 10.4. The smallest absolute Gasteiger partial charge is 0.236 e. The Hall–Kier alpha value is -1.82. The summed E-state index contributed by atoms with van der Waals surface area (Å²) < 4.78 is 1.97. The second kappa shape index (κ2) is 8.71. The standard InChI is InChI=1S/C20H28N4OS/c1-4-24(17-13-9-6-10-14-17)19(25)15(2)26-20-22-21-18(23(20)3)16-11-7-5-8-12-16/h5,7-8,11-12,15,17H,4,6,9-10,13-14H2,1-3H3/t15-/m1/s1. The van der Waals surface area contributed by atoms with Crippen molar-refractivity contribution in [3.8, 4) is 11.4 Å². The Labute approximate surface area is 160 Å². The Morgan fingerprint density at radius 2 is 1.92 bits per heavy atom. The van der Waals surface area contributed by atoms with Crippen molar-refractivity contribution in [2.45, 2.75) is 62.4 Å². The van der Waals surface area contributed by atoms with Gasteiger partial charge in [0.05, 0.1) is 5.25 Å². The molecule has 1 fully saturated rings. The summed E-state index contributed by atoms with van der Waals surface area (Å²) in [6.07, 6.45) is 6.05. The van der Waals surface area contributed by atoms with E-state index >= 15 is 0 Å². The van der Waals surface area contributed by atoms with Crippen molar-refractivity contribution in [1.82, 2.24) is 19.7 Å². The summed E-state index contributed by atoms with van der Waals surface area (Å²) in [5.41, 5.74) is 1.03. The molecule has 0 aliphatic heterocycles. The van der Waals surface area contributed by atoms with Crippen molar-refractivity contribution in [2.75, 3.05) is 6.54 Å². The van der Waals surface area contributed by atoms with Gasteiger partial charge in [-0.05, 0) is 26.7 Å². The first kappa shape index (κ1) is 19.0. The monoisotopic (exact) mass is 372 g/mol. The van der Waals surface area contributed by atoms with Crippen molar-refractivity contribution in [1.29, 1.82) is 0 Å². The van der Waals surface area contributed by atoms with E-state index < -0.39 is 0 Å². The fraction of sp³-hybridized carbons (Fsp3) is 0.550. The van der Waals surface area contributed by atoms with Crippen molar-refractivity contribution in [3.63, 3.8) is 0 Å². The number of carbonyl (C=O) groups excluding carboxylic acids is 1. The molecule has 5 nitrogen and oxygen atoms in total. The minimum absolute atomic E-state index is 0.164. The average molecular weight is 373 g/mol. The number of nitrogens with zero attached hydrogens (tertiary/aromatic N) is 4. The molecule has 1 aliphatic carbocycles. The van der Waals surface area contributed by atoms with E-state index in [4.69, 9.17) is 0 Å². The minimum atomic E-state index is -0.164. The largest absolute Gasteiger partial charge is 0.339 e. The fourth-order valence-corrected chi connectivity index (χ4v) is 4.57. The van der Waals surface area contributed by atoms with Crippen LogP contribution in [0.4, 0.5) is 0 Å². The van der Waals surface area contributed by atoms with Gasteiger partial charge in [-0.1, -0.05) is 61.4 Å². The van der Waals surface area contributed by atoms with Crippen LogP contribution in [-0.2, 0) is 11.8 Å². The zero-order valence-corrected chi connectivity index (χ0v) is 16.7. The molecule has 26 heavy (non-hydrogen) atoms. The van der Waals surface area contributed by atoms with E-state index in [-0.39, 0.29) is 11.2 Å². The molecule has 1 aromatic carbocycles. The van der Waals surface area contributed by atoms with Crippen LogP contribution in [0.2, 0.25) is 0 Å². The van der Waals surface area contributed by atoms with E-state index in [0.717, 1.165) is 35.9 Å². The lowest BCUT2D eigenvalue weighted by Gasteiger charge is -2.35. The predicted molar refractivity (Wildman–Crippen MR) is 106 cm³/mol. The summed E-state index contributed by atoms with van der Waals surface area (Å²) in [5.74, 6) is 1.04. The number of rotatable bonds is 6. The lowest BCUT2D eigenvalue weighted by Crippen LogP contribution is -2.44. The van der Waals surface area contributed by atoms with Crippen LogP contribution in [-0.4, -0.2) is 43.4 Å². The Morgan fingerprint density at radius 1 is 1.23 bits per heavy atom. The first-order valence-electron chi connectivity index (χ1n) is 9.53. The van der Waals surface area contributed by atoms with Gasteiger partial charge in [-0.2, -0.15) is 0 Å². The van der Waals surface area contributed by atoms with Crippen LogP contribution in [0, 0.1) is 0 Å². The van der Waals surface area contributed by atoms with Gasteiger partial charge in [0.25, 0.3) is 0 Å². The van der Waals surface area contributed by atoms with Crippen LogP contribution >= 0.6 is 11.8 Å². The number of benzene rings is 1. The van der Waals surface area contributed by atoms with Crippen LogP contribution in [0.3, 0.4) is 0 Å². The second-order valence-electron chi connectivity index (χ2n) is 6.91. The van der Waals surface area contributed by atoms with Crippen LogP contribution < -0.4 is 0 Å². The molecule has 3 rings (SSSR count). The number of aromatic nitrogens is 3. The Morgan fingerprint density at radius 3 is 2.58 bits per heavy atom. The van der Waals surface area contributed by atoms with Crippen molar-refractivity contribution < 1.29 is 4.79 Å². The van der Waals surface area contributed by atoms with E-state index in [1.807, 2.05) is 48.9 Å². The SMILES string of the molecule is CCN(C(=O)[C@@H](C)Sc1nnc(-c2ccccc2)n1C)C1CCCCC1. The van der Waals surface area contributed by atoms with Gasteiger partial charge >= 0.3 is 0 Å². The Kier molecular flexibility index (Phi) is 6.35. The number of carbonyl (C=O) groups is 1. The molecule has 1 heterocycles. The molecule has 1 atom stereocenters. The average Bonchev–Trinajstić information content (AvgIpc) is 3.04. The zero-order valence-electron chi connectivity index (χ0n) is 15.9. The van der Waals surface area contributed by atoms with Gasteiger partial charge in [-0.3, -0.25) is 4.79 Å². The molecular formula is C20H28N4OS. The van der Waals surface area contributed by atoms with Crippen molar-refractivity contribution in [2.24, 2.45) is 7.05 Å². The molecule has 0 bridgehead atoms. The summed E-state index contributed by atoms with van der Waals surface area (Å²) in [7, 11) is 1.96. The first-order chi connectivity index (χ1) is 12.6. The highest BCUT2D eigenvalue weighted by molar-refractivity contribution is 8.00. The van der Waals surface area contributed by atoms with Gasteiger partial charge in [0.15, 0.2) is 11.0 Å². The fourth-order valence-electron chi connectivity index (χ4n) is 3.68. The molecule has 0 N–H and O–H groups in total. The summed E-state index contributed by atoms with van der Waals surface area (Å²) in [4.78, 5) is 15.1. The van der Waals surface area contributed by atoms with Crippen molar-refractivity contribution in [3.05, 3.63) is 30.3 Å². The van der Waals surface area contributed by atoms with Gasteiger partial charge in [0.1, 0.15) is 0 Å². The molecule has 6 heteroatoms. The first-order valence-corrected chi connectivity index (χ1v) is 10.4. The van der Waals surface area contributed by atoms with Crippen molar-refractivity contribution >= 4 is 17.7 Å². The molecule has 1 aliphatic rings. The van der Waals surface area contributed by atoms with Crippen LogP contribution in [0.5, 0.6) is 0 Å². The number of hydrogen-bond donors (Lipinski definition) is 0. The molecule has 0 unspecified atom stereocenters. The maximum atomic E-state index is 13.0. The van der Waals surface area contributed by atoms with E-state index in [1.165, 1.54) is 31.0 Å². The topological polar surface area (TPSA) is 51.0 Å². The Balaban J connectivity index is 1.70. The second-order valence-corrected chi connectivity index (χ2v) is 8.22. The maximum absolute atomic E-state index is 13.0. The van der Waals surface area contributed by atoms with E-state index in [1.54, 1.807) is 0 Å². The molecular weight excluding hydrogens is 344 g/mol. The molecule has 0 radical (unpaired) electrons. The van der Waals surface area contributed by atoms with E-state index in [9.17, 15) is 4.79 Å². The Bertz CT molecular complexity index is 725. The van der Waals surface area contributed by atoms with Crippen LogP contribution in [0.15, 0.2) is 35.5 Å². The van der Waals surface area contributed by atoms with Gasteiger partial charge in [-0.15, -0.1) is 10.2 Å². The van der Waals surface area contributed by atoms with Crippen LogP contribution in [0.1, 0.15) is 46.0 Å². The molecule has 1 amide bonds. The van der Waals surface area contributed by atoms with E-state index in [0.29, 0.717) is 6.04 Å². The summed E-state index contributed by atoms with van der Waals surface area (Å²) >= 11 is 1.50. The number of amides is 1. The van der Waals surface area contributed by atoms with Gasteiger partial charge in [0.2, 0.25) is 5.91 Å². The third kappa shape index (κ3) is 4.11. The third-order valence-electron chi connectivity index (χ3n) is 5.14. The van der Waals surface area contributed by atoms with Gasteiger partial charge in [-0.25, -0.2) is 0 Å². The summed E-state index contributed by atoms with van der Waals surface area (Å²) in [5, 5.41) is 9.26. The molecule has 1 saturated carbocycles. The van der Waals surface area contributed by atoms with E-state index in [2.05, 4.69) is 22.0 Å².